The summed E-state index contributed by atoms with van der Waals surface area (Å²) < 4.78 is 5.44. The fourth-order valence-electron chi connectivity index (χ4n) is 2.21. The van der Waals surface area contributed by atoms with E-state index in [0.29, 0.717) is 6.54 Å². The molecule has 0 aromatic heterocycles. The van der Waals surface area contributed by atoms with Crippen molar-refractivity contribution in [3.63, 3.8) is 0 Å². The van der Waals surface area contributed by atoms with Crippen LogP contribution in [-0.4, -0.2) is 30.1 Å². The highest BCUT2D eigenvalue weighted by Crippen LogP contribution is 2.19. The van der Waals surface area contributed by atoms with E-state index in [1.54, 1.807) is 19.1 Å². The molecule has 1 N–H and O–H groups in total. The van der Waals surface area contributed by atoms with E-state index in [0.717, 1.165) is 25.0 Å². The number of hydrogen-bond donors (Lipinski definition) is 1. The van der Waals surface area contributed by atoms with Gasteiger partial charge < -0.3 is 10.1 Å². The molecule has 1 aromatic rings. The van der Waals surface area contributed by atoms with Crippen LogP contribution in [0.15, 0.2) is 24.3 Å². The zero-order valence-corrected chi connectivity index (χ0v) is 11.4. The summed E-state index contributed by atoms with van der Waals surface area (Å²) in [6, 6.07) is 6.07. The Hall–Kier alpha value is -1.95. The summed E-state index contributed by atoms with van der Waals surface area (Å²) in [6.07, 6.45) is 2.13. The molecule has 1 aliphatic rings. The molecule has 0 radical (unpaired) electrons. The molecule has 1 aliphatic heterocycles. The van der Waals surface area contributed by atoms with Crippen molar-refractivity contribution in [3.8, 4) is 0 Å². The van der Waals surface area contributed by atoms with Gasteiger partial charge >= 0.3 is 0 Å². The first-order valence-electron chi connectivity index (χ1n) is 6.71. The van der Waals surface area contributed by atoms with Crippen molar-refractivity contribution >= 4 is 11.6 Å². The summed E-state index contributed by atoms with van der Waals surface area (Å²) in [5.74, 6) is -0.424. The summed E-state index contributed by atoms with van der Waals surface area (Å²) in [7, 11) is 0. The van der Waals surface area contributed by atoms with Gasteiger partial charge in [-0.15, -0.1) is 0 Å². The average molecular weight is 278 g/mol. The highest BCUT2D eigenvalue weighted by atomic mass is 16.6. The van der Waals surface area contributed by atoms with Crippen molar-refractivity contribution in [2.45, 2.75) is 31.8 Å². The lowest BCUT2D eigenvalue weighted by Crippen LogP contribution is -2.34. The minimum atomic E-state index is -0.452. The third-order valence-corrected chi connectivity index (χ3v) is 3.53. The predicted molar refractivity (Wildman–Crippen MR) is 73.5 cm³/mol. The number of nitrogens with zero attached hydrogens (tertiary/aromatic N) is 1. The number of rotatable bonds is 5. The van der Waals surface area contributed by atoms with E-state index >= 15 is 0 Å². The third kappa shape index (κ3) is 3.54. The van der Waals surface area contributed by atoms with Crippen LogP contribution in [0.2, 0.25) is 0 Å². The third-order valence-electron chi connectivity index (χ3n) is 3.53. The van der Waals surface area contributed by atoms with Gasteiger partial charge in [-0.1, -0.05) is 12.1 Å². The normalized spacial score (nSPS) is 19.6. The molecule has 1 heterocycles. The zero-order valence-electron chi connectivity index (χ0n) is 11.4. The van der Waals surface area contributed by atoms with Gasteiger partial charge in [-0.25, -0.2) is 0 Å². The molecule has 0 unspecified atom stereocenters. The summed E-state index contributed by atoms with van der Waals surface area (Å²) in [5.41, 5.74) is 0.793. The van der Waals surface area contributed by atoms with E-state index in [1.165, 1.54) is 12.1 Å². The maximum Gasteiger partial charge on any atom is 0.269 e. The van der Waals surface area contributed by atoms with Crippen LogP contribution in [0.1, 0.15) is 31.2 Å². The molecule has 1 fully saturated rings. The molecule has 0 saturated carbocycles. The van der Waals surface area contributed by atoms with E-state index in [9.17, 15) is 14.9 Å². The standard InChI is InChI=1S/C14H18N2O4/c1-10(11-4-6-12(7-5-11)16(18)19)14(17)15-9-13-3-2-8-20-13/h4-7,10,13H,2-3,8-9H2,1H3,(H,15,17)/t10-,13+/m1/s1. The van der Waals surface area contributed by atoms with E-state index in [4.69, 9.17) is 4.74 Å². The number of hydrogen-bond acceptors (Lipinski definition) is 4. The van der Waals surface area contributed by atoms with Gasteiger partial charge in [-0.2, -0.15) is 0 Å². The minimum Gasteiger partial charge on any atom is -0.376 e. The first kappa shape index (κ1) is 14.5. The lowest BCUT2D eigenvalue weighted by atomic mass is 10.00. The number of nitrogens with one attached hydrogen (secondary N) is 1. The van der Waals surface area contributed by atoms with Crippen molar-refractivity contribution in [1.29, 1.82) is 0 Å². The molecule has 6 nitrogen and oxygen atoms in total. The smallest absolute Gasteiger partial charge is 0.269 e. The van der Waals surface area contributed by atoms with E-state index in [2.05, 4.69) is 5.32 Å². The second-order valence-corrected chi connectivity index (χ2v) is 4.95. The molecular weight excluding hydrogens is 260 g/mol. The van der Waals surface area contributed by atoms with Crippen molar-refractivity contribution in [2.75, 3.05) is 13.2 Å². The first-order valence-corrected chi connectivity index (χ1v) is 6.71. The summed E-state index contributed by atoms with van der Waals surface area (Å²) in [5, 5.41) is 13.4. The number of amides is 1. The van der Waals surface area contributed by atoms with Crippen molar-refractivity contribution in [3.05, 3.63) is 39.9 Å². The van der Waals surface area contributed by atoms with Crippen LogP contribution in [0.5, 0.6) is 0 Å². The van der Waals surface area contributed by atoms with Crippen LogP contribution in [0, 0.1) is 10.1 Å². The summed E-state index contributed by atoms with van der Waals surface area (Å²) >= 11 is 0. The first-order chi connectivity index (χ1) is 9.58. The molecule has 2 atom stereocenters. The molecular formula is C14H18N2O4. The molecule has 1 saturated heterocycles. The van der Waals surface area contributed by atoms with Gasteiger partial charge in [0.1, 0.15) is 0 Å². The average Bonchev–Trinajstić information content (AvgIpc) is 2.97. The number of benzene rings is 1. The van der Waals surface area contributed by atoms with Gasteiger partial charge in [-0.3, -0.25) is 14.9 Å². The lowest BCUT2D eigenvalue weighted by Gasteiger charge is -2.15. The fraction of sp³-hybridized carbons (Fsp3) is 0.500. The SMILES string of the molecule is C[C@@H](C(=O)NC[C@@H]1CCCO1)c1ccc([N+](=O)[O-])cc1. The minimum absolute atomic E-state index is 0.0284. The van der Waals surface area contributed by atoms with Gasteiger partial charge in [0.15, 0.2) is 0 Å². The fourth-order valence-corrected chi connectivity index (χ4v) is 2.21. The zero-order chi connectivity index (χ0) is 14.5. The Kier molecular flexibility index (Phi) is 4.68. The van der Waals surface area contributed by atoms with E-state index < -0.39 is 4.92 Å². The molecule has 6 heteroatoms. The molecule has 1 aromatic carbocycles. The van der Waals surface area contributed by atoms with Crippen LogP contribution in [0.4, 0.5) is 5.69 Å². The second-order valence-electron chi connectivity index (χ2n) is 4.95. The Labute approximate surface area is 117 Å². The van der Waals surface area contributed by atoms with Gasteiger partial charge in [-0.05, 0) is 25.3 Å². The van der Waals surface area contributed by atoms with Crippen LogP contribution in [0.3, 0.4) is 0 Å². The van der Waals surface area contributed by atoms with Crippen molar-refractivity contribution in [1.82, 2.24) is 5.32 Å². The van der Waals surface area contributed by atoms with Crippen LogP contribution in [0.25, 0.3) is 0 Å². The van der Waals surface area contributed by atoms with Crippen LogP contribution < -0.4 is 5.32 Å². The lowest BCUT2D eigenvalue weighted by molar-refractivity contribution is -0.384. The number of ether oxygens (including phenoxy) is 1. The van der Waals surface area contributed by atoms with Gasteiger partial charge in [0, 0.05) is 25.3 Å². The maximum atomic E-state index is 12.0. The largest absolute Gasteiger partial charge is 0.376 e. The quantitative estimate of drug-likeness (QED) is 0.659. The highest BCUT2D eigenvalue weighted by molar-refractivity contribution is 5.83. The van der Waals surface area contributed by atoms with Crippen molar-refractivity contribution in [2.24, 2.45) is 0 Å². The van der Waals surface area contributed by atoms with Gasteiger partial charge in [0.2, 0.25) is 5.91 Å². The van der Waals surface area contributed by atoms with Crippen molar-refractivity contribution < 1.29 is 14.5 Å². The highest BCUT2D eigenvalue weighted by Gasteiger charge is 2.20. The molecule has 0 bridgehead atoms. The van der Waals surface area contributed by atoms with Crippen LogP contribution in [-0.2, 0) is 9.53 Å². The van der Waals surface area contributed by atoms with Gasteiger partial charge in [0.05, 0.1) is 16.9 Å². The Morgan fingerprint density at radius 1 is 1.50 bits per heavy atom. The Balaban J connectivity index is 1.90. The number of nitro benzene ring substituents is 1. The molecule has 108 valence electrons. The monoisotopic (exact) mass is 278 g/mol. The molecule has 20 heavy (non-hydrogen) atoms. The number of nitro groups is 1. The molecule has 0 aliphatic carbocycles. The molecule has 0 spiro atoms. The van der Waals surface area contributed by atoms with Crippen LogP contribution >= 0.6 is 0 Å². The predicted octanol–water partition coefficient (Wildman–Crippen LogP) is 1.99. The maximum absolute atomic E-state index is 12.0. The number of carbonyl (C=O) groups is 1. The second kappa shape index (κ2) is 6.47. The number of carbonyl (C=O) groups excluding carboxylic acids is 1. The molecule has 1 amide bonds. The molecule has 2 rings (SSSR count). The summed E-state index contributed by atoms with van der Waals surface area (Å²) in [6.45, 7) is 3.07. The van der Waals surface area contributed by atoms with Gasteiger partial charge in [0.25, 0.3) is 5.69 Å². The Morgan fingerprint density at radius 3 is 2.75 bits per heavy atom. The number of non-ortho nitro benzene ring substituents is 1. The Morgan fingerprint density at radius 2 is 2.20 bits per heavy atom. The topological polar surface area (TPSA) is 81.5 Å². The summed E-state index contributed by atoms with van der Waals surface area (Å²) in [4.78, 5) is 22.1. The van der Waals surface area contributed by atoms with E-state index in [1.807, 2.05) is 0 Å². The van der Waals surface area contributed by atoms with E-state index in [-0.39, 0.29) is 23.6 Å². The Bertz CT molecular complexity index is 480.